The lowest BCUT2D eigenvalue weighted by Gasteiger charge is -2.37. The standard InChI is InChI=1S/C22H34N4OS/c1-16-9-17(2)12-20(11-16)23-22(28)25-7-5-24(6-8-25)15-21(27)26-13-18(3)10-19(4)14-26/h9,11-12,18-19H,5-8,10,13-15H2,1-4H3,(H,23,28)/p+1/t18-,19-/m0/s1. The van der Waals surface area contributed by atoms with Crippen LogP contribution in [0.3, 0.4) is 0 Å². The van der Waals surface area contributed by atoms with Gasteiger partial charge in [-0.1, -0.05) is 19.9 Å². The molecule has 1 amide bonds. The van der Waals surface area contributed by atoms with E-state index in [-0.39, 0.29) is 0 Å². The molecule has 2 aliphatic rings. The highest BCUT2D eigenvalue weighted by Gasteiger charge is 2.29. The molecule has 0 unspecified atom stereocenters. The number of carbonyl (C=O) groups is 1. The van der Waals surface area contributed by atoms with Gasteiger partial charge < -0.3 is 20.0 Å². The Balaban J connectivity index is 1.46. The highest BCUT2D eigenvalue weighted by Crippen LogP contribution is 2.20. The molecule has 2 atom stereocenters. The Morgan fingerprint density at radius 3 is 2.21 bits per heavy atom. The minimum absolute atomic E-state index is 0.317. The molecule has 2 N–H and O–H groups in total. The van der Waals surface area contributed by atoms with Gasteiger partial charge in [-0.25, -0.2) is 0 Å². The monoisotopic (exact) mass is 403 g/mol. The van der Waals surface area contributed by atoms with Gasteiger partial charge >= 0.3 is 0 Å². The van der Waals surface area contributed by atoms with Crippen molar-refractivity contribution < 1.29 is 9.69 Å². The number of hydrogen-bond donors (Lipinski definition) is 2. The predicted molar refractivity (Wildman–Crippen MR) is 119 cm³/mol. The lowest BCUT2D eigenvalue weighted by molar-refractivity contribution is -0.896. The normalized spacial score (nSPS) is 23.6. The number of piperidine rings is 1. The fourth-order valence-corrected chi connectivity index (χ4v) is 4.94. The fourth-order valence-electron chi connectivity index (χ4n) is 4.64. The Hall–Kier alpha value is -1.66. The molecule has 1 aromatic carbocycles. The van der Waals surface area contributed by atoms with Crippen molar-refractivity contribution in [1.29, 1.82) is 0 Å². The van der Waals surface area contributed by atoms with Crippen LogP contribution in [0.1, 0.15) is 31.4 Å². The molecular weight excluding hydrogens is 368 g/mol. The molecule has 0 spiro atoms. The maximum atomic E-state index is 12.7. The van der Waals surface area contributed by atoms with Crippen molar-refractivity contribution in [3.8, 4) is 0 Å². The molecule has 0 aliphatic carbocycles. The van der Waals surface area contributed by atoms with Crippen LogP contribution in [0, 0.1) is 25.7 Å². The molecular formula is C22H35N4OS+. The lowest BCUT2D eigenvalue weighted by Crippen LogP contribution is -3.15. The number of nitrogens with zero attached hydrogens (tertiary/aromatic N) is 2. The molecule has 0 bridgehead atoms. The minimum atomic E-state index is 0.317. The van der Waals surface area contributed by atoms with Crippen LogP contribution in [-0.2, 0) is 4.79 Å². The van der Waals surface area contributed by atoms with Gasteiger partial charge in [0.25, 0.3) is 5.91 Å². The second-order valence-electron chi connectivity index (χ2n) is 8.97. The summed E-state index contributed by atoms with van der Waals surface area (Å²) in [5.74, 6) is 1.55. The second kappa shape index (κ2) is 9.23. The molecule has 154 valence electrons. The molecule has 2 heterocycles. The molecule has 0 saturated carbocycles. The van der Waals surface area contributed by atoms with E-state index in [0.29, 0.717) is 24.3 Å². The number of piperazine rings is 1. The number of likely N-dealkylation sites (tertiary alicyclic amines) is 1. The Labute approximate surface area is 175 Å². The number of carbonyl (C=O) groups excluding carboxylic acids is 1. The lowest BCUT2D eigenvalue weighted by atomic mass is 9.92. The van der Waals surface area contributed by atoms with E-state index in [0.717, 1.165) is 50.1 Å². The summed E-state index contributed by atoms with van der Waals surface area (Å²) < 4.78 is 0. The molecule has 3 rings (SSSR count). The maximum Gasteiger partial charge on any atom is 0.277 e. The molecule has 5 nitrogen and oxygen atoms in total. The second-order valence-corrected chi connectivity index (χ2v) is 9.35. The summed E-state index contributed by atoms with van der Waals surface area (Å²) >= 11 is 5.63. The first-order valence-corrected chi connectivity index (χ1v) is 11.0. The highest BCUT2D eigenvalue weighted by molar-refractivity contribution is 7.80. The largest absolute Gasteiger partial charge is 0.338 e. The zero-order valence-corrected chi connectivity index (χ0v) is 18.6. The summed E-state index contributed by atoms with van der Waals surface area (Å²) in [5.41, 5.74) is 3.53. The molecule has 2 saturated heterocycles. The van der Waals surface area contributed by atoms with Gasteiger partial charge in [-0.15, -0.1) is 0 Å². The first-order chi connectivity index (χ1) is 13.3. The number of hydrogen-bond acceptors (Lipinski definition) is 2. The topological polar surface area (TPSA) is 40.0 Å². The molecule has 6 heteroatoms. The van der Waals surface area contributed by atoms with Gasteiger partial charge in [-0.3, -0.25) is 4.79 Å². The summed E-state index contributed by atoms with van der Waals surface area (Å²) in [6.07, 6.45) is 1.24. The van der Waals surface area contributed by atoms with Crippen LogP contribution < -0.4 is 10.2 Å². The van der Waals surface area contributed by atoms with E-state index in [4.69, 9.17) is 12.2 Å². The van der Waals surface area contributed by atoms with Gasteiger partial charge in [0.1, 0.15) is 0 Å². The van der Waals surface area contributed by atoms with Crippen molar-refractivity contribution in [2.24, 2.45) is 11.8 Å². The molecule has 28 heavy (non-hydrogen) atoms. The number of anilines is 1. The number of thiocarbonyl (C=S) groups is 1. The number of quaternary nitrogens is 1. The molecule has 0 radical (unpaired) electrons. The van der Waals surface area contributed by atoms with Crippen LogP contribution in [0.15, 0.2) is 18.2 Å². The Morgan fingerprint density at radius 2 is 1.64 bits per heavy atom. The summed E-state index contributed by atoms with van der Waals surface area (Å²) in [6.45, 7) is 14.9. The van der Waals surface area contributed by atoms with Gasteiger partial charge in [0, 0.05) is 18.8 Å². The SMILES string of the molecule is Cc1cc(C)cc(NC(=S)N2CC[NH+](CC(=O)N3C[C@@H](C)C[C@H](C)C3)CC2)c1. The Kier molecular flexibility index (Phi) is 6.94. The molecule has 2 aliphatic heterocycles. The molecule has 0 aromatic heterocycles. The van der Waals surface area contributed by atoms with Crippen molar-refractivity contribution in [3.05, 3.63) is 29.3 Å². The van der Waals surface area contributed by atoms with Crippen molar-refractivity contribution in [3.63, 3.8) is 0 Å². The van der Waals surface area contributed by atoms with E-state index >= 15 is 0 Å². The van der Waals surface area contributed by atoms with Gasteiger partial charge in [0.15, 0.2) is 11.7 Å². The number of benzene rings is 1. The number of rotatable bonds is 3. The average Bonchev–Trinajstić information content (AvgIpc) is 2.60. The van der Waals surface area contributed by atoms with Crippen LogP contribution in [0.5, 0.6) is 0 Å². The zero-order chi connectivity index (χ0) is 20.3. The van der Waals surface area contributed by atoms with E-state index in [1.807, 2.05) is 0 Å². The van der Waals surface area contributed by atoms with E-state index in [1.165, 1.54) is 22.4 Å². The van der Waals surface area contributed by atoms with Crippen LogP contribution in [0.2, 0.25) is 0 Å². The third kappa shape index (κ3) is 5.67. The number of amides is 1. The Bertz CT molecular complexity index is 684. The smallest absolute Gasteiger partial charge is 0.277 e. The van der Waals surface area contributed by atoms with Crippen LogP contribution in [0.4, 0.5) is 5.69 Å². The summed E-state index contributed by atoms with van der Waals surface area (Å²) in [6, 6.07) is 6.41. The fraction of sp³-hybridized carbons (Fsp3) is 0.636. The van der Waals surface area contributed by atoms with Gasteiger partial charge in [0.2, 0.25) is 0 Å². The first-order valence-electron chi connectivity index (χ1n) is 10.6. The van der Waals surface area contributed by atoms with Gasteiger partial charge in [-0.05, 0) is 67.6 Å². The first kappa shape index (κ1) is 21.1. The Morgan fingerprint density at radius 1 is 1.07 bits per heavy atom. The summed E-state index contributed by atoms with van der Waals surface area (Å²) in [4.78, 5) is 18.4. The van der Waals surface area contributed by atoms with E-state index in [1.54, 1.807) is 0 Å². The van der Waals surface area contributed by atoms with Gasteiger partial charge in [-0.2, -0.15) is 0 Å². The van der Waals surface area contributed by atoms with E-state index < -0.39 is 0 Å². The van der Waals surface area contributed by atoms with Crippen molar-refractivity contribution in [1.82, 2.24) is 9.80 Å². The van der Waals surface area contributed by atoms with Crippen LogP contribution in [-0.4, -0.2) is 66.6 Å². The maximum absolute atomic E-state index is 12.7. The predicted octanol–water partition coefficient (Wildman–Crippen LogP) is 1.71. The van der Waals surface area contributed by atoms with Crippen LogP contribution >= 0.6 is 12.2 Å². The molecule has 2 fully saturated rings. The molecule has 1 aromatic rings. The zero-order valence-electron chi connectivity index (χ0n) is 17.8. The van der Waals surface area contributed by atoms with Crippen molar-refractivity contribution >= 4 is 28.9 Å². The quantitative estimate of drug-likeness (QED) is 0.754. The number of aryl methyl sites for hydroxylation is 2. The highest BCUT2D eigenvalue weighted by atomic mass is 32.1. The number of nitrogens with one attached hydrogen (secondary N) is 2. The van der Waals surface area contributed by atoms with Gasteiger partial charge in [0.05, 0.1) is 26.2 Å². The van der Waals surface area contributed by atoms with Crippen molar-refractivity contribution in [2.45, 2.75) is 34.1 Å². The summed E-state index contributed by atoms with van der Waals surface area (Å²) in [5, 5.41) is 4.17. The third-order valence-electron chi connectivity index (χ3n) is 5.85. The minimum Gasteiger partial charge on any atom is -0.338 e. The van der Waals surface area contributed by atoms with Crippen LogP contribution in [0.25, 0.3) is 0 Å². The van der Waals surface area contributed by atoms with E-state index in [2.05, 4.69) is 61.0 Å². The summed E-state index contributed by atoms with van der Waals surface area (Å²) in [7, 11) is 0. The third-order valence-corrected chi connectivity index (χ3v) is 6.21. The van der Waals surface area contributed by atoms with Crippen molar-refractivity contribution in [2.75, 3.05) is 51.1 Å². The average molecular weight is 404 g/mol. The van der Waals surface area contributed by atoms with E-state index in [9.17, 15) is 4.79 Å².